The van der Waals surface area contributed by atoms with E-state index >= 15 is 0 Å². The van der Waals surface area contributed by atoms with Gasteiger partial charge in [0.1, 0.15) is 23.7 Å². The van der Waals surface area contributed by atoms with Gasteiger partial charge in [0, 0.05) is 21.7 Å². The molecule has 0 atom stereocenters. The molecule has 27 heavy (non-hydrogen) atoms. The second-order valence-corrected chi connectivity index (χ2v) is 6.43. The smallest absolute Gasteiger partial charge is 0.328 e. The van der Waals surface area contributed by atoms with Crippen LogP contribution in [0.15, 0.2) is 52.5 Å². The standard InChI is InChI=1S/C19H15BrN2O5/c1-26-13-7-6-11(8-14-17(23)21-19(25)22-18(14)24)16(9-13)27-10-12-4-2-3-5-15(12)20/h2-9H,10H2,1H3,(H2,21,22,23,24,25). The first-order chi connectivity index (χ1) is 13.0. The molecular weight excluding hydrogens is 416 g/mol. The SMILES string of the molecule is COc1ccc(C=C2C(=O)NC(=O)NC2=O)c(OCc2ccccc2Br)c1. The lowest BCUT2D eigenvalue weighted by Gasteiger charge is -2.16. The summed E-state index contributed by atoms with van der Waals surface area (Å²) in [6, 6.07) is 11.8. The molecule has 138 valence electrons. The Morgan fingerprint density at radius 3 is 2.41 bits per heavy atom. The molecule has 2 aromatic rings. The zero-order chi connectivity index (χ0) is 19.4. The van der Waals surface area contributed by atoms with E-state index in [0.717, 1.165) is 10.0 Å². The number of hydrogen-bond donors (Lipinski definition) is 2. The lowest BCUT2D eigenvalue weighted by atomic mass is 10.1. The Balaban J connectivity index is 1.92. The van der Waals surface area contributed by atoms with Crippen molar-refractivity contribution in [3.05, 3.63) is 63.6 Å². The summed E-state index contributed by atoms with van der Waals surface area (Å²) >= 11 is 3.46. The quantitative estimate of drug-likeness (QED) is 0.561. The lowest BCUT2D eigenvalue weighted by Crippen LogP contribution is -2.51. The van der Waals surface area contributed by atoms with Crippen LogP contribution >= 0.6 is 15.9 Å². The molecule has 0 spiro atoms. The first-order valence-electron chi connectivity index (χ1n) is 7.90. The number of hydrogen-bond acceptors (Lipinski definition) is 5. The third-order valence-electron chi connectivity index (χ3n) is 3.80. The number of ether oxygens (including phenoxy) is 2. The Labute approximate surface area is 163 Å². The van der Waals surface area contributed by atoms with Crippen molar-refractivity contribution in [2.75, 3.05) is 7.11 Å². The highest BCUT2D eigenvalue weighted by Crippen LogP contribution is 2.29. The number of barbiturate groups is 1. The van der Waals surface area contributed by atoms with Gasteiger partial charge in [-0.2, -0.15) is 0 Å². The summed E-state index contributed by atoms with van der Waals surface area (Å²) in [4.78, 5) is 35.1. The molecule has 4 amide bonds. The van der Waals surface area contributed by atoms with Crippen LogP contribution in [0.25, 0.3) is 6.08 Å². The predicted octanol–water partition coefficient (Wildman–Crippen LogP) is 2.79. The van der Waals surface area contributed by atoms with Crippen molar-refractivity contribution in [3.63, 3.8) is 0 Å². The van der Waals surface area contributed by atoms with Crippen molar-refractivity contribution in [3.8, 4) is 11.5 Å². The van der Waals surface area contributed by atoms with Crippen LogP contribution in [0.3, 0.4) is 0 Å². The molecule has 0 aliphatic carbocycles. The second-order valence-electron chi connectivity index (χ2n) is 5.58. The minimum atomic E-state index is -0.845. The highest BCUT2D eigenvalue weighted by atomic mass is 79.9. The van der Waals surface area contributed by atoms with Crippen LogP contribution in [-0.2, 0) is 16.2 Å². The fourth-order valence-corrected chi connectivity index (χ4v) is 2.82. The van der Waals surface area contributed by atoms with Gasteiger partial charge in [0.15, 0.2) is 0 Å². The molecule has 1 saturated heterocycles. The largest absolute Gasteiger partial charge is 0.497 e. The van der Waals surface area contributed by atoms with Gasteiger partial charge in [-0.1, -0.05) is 34.1 Å². The molecule has 0 aromatic heterocycles. The fourth-order valence-electron chi connectivity index (χ4n) is 2.42. The van der Waals surface area contributed by atoms with E-state index in [-0.39, 0.29) is 12.2 Å². The molecule has 3 rings (SSSR count). The Kier molecular flexibility index (Phi) is 5.56. The summed E-state index contributed by atoms with van der Waals surface area (Å²) in [7, 11) is 1.53. The predicted molar refractivity (Wildman–Crippen MR) is 101 cm³/mol. The van der Waals surface area contributed by atoms with Crippen LogP contribution < -0.4 is 20.1 Å². The second kappa shape index (κ2) is 8.05. The van der Waals surface area contributed by atoms with Gasteiger partial charge >= 0.3 is 6.03 Å². The summed E-state index contributed by atoms with van der Waals surface area (Å²) in [6.07, 6.45) is 1.37. The van der Waals surface area contributed by atoms with E-state index in [4.69, 9.17) is 9.47 Å². The molecule has 1 aliphatic rings. The van der Waals surface area contributed by atoms with Gasteiger partial charge in [0.05, 0.1) is 7.11 Å². The number of urea groups is 1. The molecule has 1 aliphatic heterocycles. The number of methoxy groups -OCH3 is 1. The maximum Gasteiger partial charge on any atom is 0.328 e. The van der Waals surface area contributed by atoms with E-state index < -0.39 is 17.8 Å². The minimum absolute atomic E-state index is 0.189. The van der Waals surface area contributed by atoms with E-state index in [1.165, 1.54) is 13.2 Å². The topological polar surface area (TPSA) is 93.7 Å². The molecule has 0 saturated carbocycles. The highest BCUT2D eigenvalue weighted by molar-refractivity contribution is 9.10. The normalized spacial score (nSPS) is 13.7. The molecule has 7 nitrogen and oxygen atoms in total. The zero-order valence-corrected chi connectivity index (χ0v) is 15.8. The van der Waals surface area contributed by atoms with Crippen LogP contribution in [0.4, 0.5) is 4.79 Å². The number of benzene rings is 2. The van der Waals surface area contributed by atoms with Crippen molar-refractivity contribution in [1.82, 2.24) is 10.6 Å². The summed E-state index contributed by atoms with van der Waals surface area (Å²) < 4.78 is 12.0. The number of amides is 4. The molecule has 0 bridgehead atoms. The van der Waals surface area contributed by atoms with Gasteiger partial charge in [-0.15, -0.1) is 0 Å². The van der Waals surface area contributed by atoms with E-state index in [1.807, 2.05) is 34.9 Å². The van der Waals surface area contributed by atoms with E-state index in [0.29, 0.717) is 17.1 Å². The Morgan fingerprint density at radius 1 is 1.04 bits per heavy atom. The van der Waals surface area contributed by atoms with Crippen LogP contribution in [-0.4, -0.2) is 25.0 Å². The van der Waals surface area contributed by atoms with Gasteiger partial charge in [-0.25, -0.2) is 4.79 Å². The lowest BCUT2D eigenvalue weighted by molar-refractivity contribution is -0.123. The Bertz CT molecular complexity index is 933. The highest BCUT2D eigenvalue weighted by Gasteiger charge is 2.28. The molecule has 1 fully saturated rings. The molecule has 2 aromatic carbocycles. The van der Waals surface area contributed by atoms with Gasteiger partial charge < -0.3 is 9.47 Å². The molecule has 2 N–H and O–H groups in total. The third kappa shape index (κ3) is 4.35. The number of nitrogens with one attached hydrogen (secondary N) is 2. The van der Waals surface area contributed by atoms with Crippen LogP contribution in [0, 0.1) is 0 Å². The van der Waals surface area contributed by atoms with Crippen molar-refractivity contribution < 1.29 is 23.9 Å². The maximum absolute atomic E-state index is 11.9. The maximum atomic E-state index is 11.9. The molecule has 8 heteroatoms. The number of carbonyl (C=O) groups excluding carboxylic acids is 3. The number of imide groups is 2. The van der Waals surface area contributed by atoms with Gasteiger partial charge in [-0.05, 0) is 24.3 Å². The van der Waals surface area contributed by atoms with Gasteiger partial charge in [-0.3, -0.25) is 20.2 Å². The summed E-state index contributed by atoms with van der Waals surface area (Å²) in [6.45, 7) is 0.266. The Hall–Kier alpha value is -3.13. The van der Waals surface area contributed by atoms with E-state index in [1.54, 1.807) is 18.2 Å². The first kappa shape index (κ1) is 18.7. The van der Waals surface area contributed by atoms with Crippen LogP contribution in [0.5, 0.6) is 11.5 Å². The van der Waals surface area contributed by atoms with Crippen LogP contribution in [0.1, 0.15) is 11.1 Å². The summed E-state index contributed by atoms with van der Waals surface area (Å²) in [5.74, 6) is -0.547. The molecule has 0 radical (unpaired) electrons. The van der Waals surface area contributed by atoms with Gasteiger partial charge in [0.25, 0.3) is 11.8 Å². The van der Waals surface area contributed by atoms with Crippen molar-refractivity contribution >= 4 is 39.9 Å². The van der Waals surface area contributed by atoms with Gasteiger partial charge in [0.2, 0.25) is 0 Å². The summed E-state index contributed by atoms with van der Waals surface area (Å²) in [5.41, 5.74) is 1.24. The van der Waals surface area contributed by atoms with Crippen molar-refractivity contribution in [2.24, 2.45) is 0 Å². The molecule has 0 unspecified atom stereocenters. The molecule has 1 heterocycles. The van der Waals surface area contributed by atoms with Crippen LogP contribution in [0.2, 0.25) is 0 Å². The zero-order valence-electron chi connectivity index (χ0n) is 14.2. The van der Waals surface area contributed by atoms with Crippen molar-refractivity contribution in [1.29, 1.82) is 0 Å². The minimum Gasteiger partial charge on any atom is -0.497 e. The monoisotopic (exact) mass is 430 g/mol. The average molecular weight is 431 g/mol. The average Bonchev–Trinajstić information content (AvgIpc) is 2.64. The number of carbonyl (C=O) groups is 3. The van der Waals surface area contributed by atoms with Crippen molar-refractivity contribution in [2.45, 2.75) is 6.61 Å². The number of rotatable bonds is 5. The first-order valence-corrected chi connectivity index (χ1v) is 8.70. The fraction of sp³-hybridized carbons (Fsp3) is 0.105. The molecular formula is C19H15BrN2O5. The third-order valence-corrected chi connectivity index (χ3v) is 4.58. The van der Waals surface area contributed by atoms with E-state index in [9.17, 15) is 14.4 Å². The number of halogens is 1. The summed E-state index contributed by atoms with van der Waals surface area (Å²) in [5, 5.41) is 4.08. The van der Waals surface area contributed by atoms with E-state index in [2.05, 4.69) is 15.9 Å². The Morgan fingerprint density at radius 2 is 1.74 bits per heavy atom.